The van der Waals surface area contributed by atoms with E-state index >= 15 is 0 Å². The number of rotatable bonds is 6. The molecule has 5 heteroatoms. The van der Waals surface area contributed by atoms with Crippen LogP contribution in [-0.2, 0) is 9.53 Å². The predicted molar refractivity (Wildman–Crippen MR) is 71.4 cm³/mol. The summed E-state index contributed by atoms with van der Waals surface area (Å²) in [5.74, 6) is 0.399. The molecule has 0 fully saturated rings. The topological polar surface area (TPSA) is 52.3 Å². The summed E-state index contributed by atoms with van der Waals surface area (Å²) in [6.07, 6.45) is 0.578. The van der Waals surface area contributed by atoms with Crippen LogP contribution in [0.5, 0.6) is 0 Å². The van der Waals surface area contributed by atoms with Gasteiger partial charge in [0.2, 0.25) is 0 Å². The van der Waals surface area contributed by atoms with Crippen LogP contribution in [0.3, 0.4) is 0 Å². The Bertz CT molecular complexity index is 373. The highest BCUT2D eigenvalue weighted by Crippen LogP contribution is 2.27. The van der Waals surface area contributed by atoms with E-state index in [4.69, 9.17) is 22.1 Å². The van der Waals surface area contributed by atoms with Crippen LogP contribution in [0.1, 0.15) is 13.3 Å². The van der Waals surface area contributed by atoms with E-state index in [0.717, 1.165) is 15.7 Å². The van der Waals surface area contributed by atoms with Crippen molar-refractivity contribution in [3.8, 4) is 0 Å². The zero-order valence-corrected chi connectivity index (χ0v) is 11.3. The SMILES string of the molecule is CCOC(=O)C(N)CCSc1ccccc1Cl. The summed E-state index contributed by atoms with van der Waals surface area (Å²) in [6, 6.07) is 7.05. The van der Waals surface area contributed by atoms with Crippen LogP contribution in [0.4, 0.5) is 0 Å². The van der Waals surface area contributed by atoms with Crippen molar-refractivity contribution in [1.29, 1.82) is 0 Å². The lowest BCUT2D eigenvalue weighted by molar-refractivity contribution is -0.144. The fourth-order valence-corrected chi connectivity index (χ4v) is 2.50. The predicted octanol–water partition coefficient (Wildman–Crippen LogP) is 2.71. The zero-order chi connectivity index (χ0) is 12.7. The standard InChI is InChI=1S/C12H16ClNO2S/c1-2-16-12(15)10(14)7-8-17-11-6-4-3-5-9(11)13/h3-6,10H,2,7-8,14H2,1H3. The van der Waals surface area contributed by atoms with Crippen molar-refractivity contribution in [3.63, 3.8) is 0 Å². The van der Waals surface area contributed by atoms with E-state index in [0.29, 0.717) is 13.0 Å². The molecule has 0 spiro atoms. The van der Waals surface area contributed by atoms with Crippen molar-refractivity contribution in [2.45, 2.75) is 24.3 Å². The van der Waals surface area contributed by atoms with Gasteiger partial charge < -0.3 is 10.5 Å². The molecule has 17 heavy (non-hydrogen) atoms. The number of carbonyl (C=O) groups excluding carboxylic acids is 1. The first kappa shape index (κ1) is 14.4. The monoisotopic (exact) mass is 273 g/mol. The van der Waals surface area contributed by atoms with Crippen molar-refractivity contribution >= 4 is 29.3 Å². The lowest BCUT2D eigenvalue weighted by atomic mass is 10.2. The lowest BCUT2D eigenvalue weighted by Crippen LogP contribution is -2.32. The van der Waals surface area contributed by atoms with Gasteiger partial charge in [-0.2, -0.15) is 0 Å². The molecule has 1 rings (SSSR count). The Balaban J connectivity index is 2.33. The van der Waals surface area contributed by atoms with E-state index in [1.165, 1.54) is 0 Å². The minimum Gasteiger partial charge on any atom is -0.465 e. The molecule has 0 aliphatic rings. The number of hydrogen-bond donors (Lipinski definition) is 1. The van der Waals surface area contributed by atoms with E-state index in [1.54, 1.807) is 18.7 Å². The van der Waals surface area contributed by atoms with Gasteiger partial charge in [0, 0.05) is 10.6 Å². The smallest absolute Gasteiger partial charge is 0.322 e. The fourth-order valence-electron chi connectivity index (χ4n) is 1.22. The summed E-state index contributed by atoms with van der Waals surface area (Å²) < 4.78 is 4.83. The summed E-state index contributed by atoms with van der Waals surface area (Å²) in [5, 5.41) is 0.724. The van der Waals surface area contributed by atoms with Gasteiger partial charge in [-0.3, -0.25) is 4.79 Å². The molecular formula is C12H16ClNO2S. The Morgan fingerprint density at radius 1 is 1.53 bits per heavy atom. The number of hydrogen-bond acceptors (Lipinski definition) is 4. The first-order valence-corrected chi connectivity index (χ1v) is 6.81. The van der Waals surface area contributed by atoms with Gasteiger partial charge in [0.05, 0.1) is 11.6 Å². The molecule has 0 saturated carbocycles. The fraction of sp³-hybridized carbons (Fsp3) is 0.417. The molecule has 0 aliphatic heterocycles. The minimum atomic E-state index is -0.551. The second kappa shape index (κ2) is 7.58. The highest BCUT2D eigenvalue weighted by molar-refractivity contribution is 7.99. The molecule has 0 radical (unpaired) electrons. The molecule has 0 aromatic heterocycles. The number of benzene rings is 1. The van der Waals surface area contributed by atoms with Crippen molar-refractivity contribution < 1.29 is 9.53 Å². The highest BCUT2D eigenvalue weighted by Gasteiger charge is 2.14. The van der Waals surface area contributed by atoms with Gasteiger partial charge in [-0.25, -0.2) is 0 Å². The summed E-state index contributed by atoms with van der Waals surface area (Å²) in [5.41, 5.74) is 5.68. The Labute approximate surface area is 111 Å². The molecule has 1 atom stereocenters. The van der Waals surface area contributed by atoms with Crippen molar-refractivity contribution in [1.82, 2.24) is 0 Å². The largest absolute Gasteiger partial charge is 0.465 e. The van der Waals surface area contributed by atoms with Crippen LogP contribution in [0.25, 0.3) is 0 Å². The first-order valence-electron chi connectivity index (χ1n) is 5.44. The van der Waals surface area contributed by atoms with Gasteiger partial charge in [-0.05, 0) is 25.5 Å². The van der Waals surface area contributed by atoms with Gasteiger partial charge in [0.25, 0.3) is 0 Å². The van der Waals surface area contributed by atoms with E-state index < -0.39 is 6.04 Å². The maximum Gasteiger partial charge on any atom is 0.322 e. The van der Waals surface area contributed by atoms with Gasteiger partial charge in [0.1, 0.15) is 6.04 Å². The number of esters is 1. The van der Waals surface area contributed by atoms with Crippen LogP contribution in [0.15, 0.2) is 29.2 Å². The second-order valence-corrected chi connectivity index (χ2v) is 4.97. The van der Waals surface area contributed by atoms with Gasteiger partial charge in [0.15, 0.2) is 0 Å². The zero-order valence-electron chi connectivity index (χ0n) is 9.69. The number of carbonyl (C=O) groups is 1. The normalized spacial score (nSPS) is 12.2. The molecule has 1 aromatic carbocycles. The van der Waals surface area contributed by atoms with Crippen LogP contribution < -0.4 is 5.73 Å². The van der Waals surface area contributed by atoms with Crippen molar-refractivity contribution in [2.24, 2.45) is 5.73 Å². The summed E-state index contributed by atoms with van der Waals surface area (Å²) in [4.78, 5) is 12.3. The molecule has 0 bridgehead atoms. The number of thioether (sulfide) groups is 1. The third kappa shape index (κ3) is 4.98. The second-order valence-electron chi connectivity index (χ2n) is 3.43. The molecule has 0 amide bonds. The summed E-state index contributed by atoms with van der Waals surface area (Å²) in [7, 11) is 0. The maximum atomic E-state index is 11.3. The Kier molecular flexibility index (Phi) is 6.40. The van der Waals surface area contributed by atoms with Crippen LogP contribution in [-0.4, -0.2) is 24.4 Å². The maximum absolute atomic E-state index is 11.3. The third-order valence-corrected chi connectivity index (χ3v) is 3.66. The van der Waals surface area contributed by atoms with Gasteiger partial charge in [-0.1, -0.05) is 23.7 Å². The average molecular weight is 274 g/mol. The Morgan fingerprint density at radius 2 is 2.24 bits per heavy atom. The quantitative estimate of drug-likeness (QED) is 0.640. The molecule has 2 N–H and O–H groups in total. The molecule has 1 aromatic rings. The average Bonchev–Trinajstić information content (AvgIpc) is 2.31. The number of ether oxygens (including phenoxy) is 1. The molecule has 0 saturated heterocycles. The third-order valence-electron chi connectivity index (χ3n) is 2.11. The van der Waals surface area contributed by atoms with Gasteiger partial charge >= 0.3 is 5.97 Å². The molecule has 94 valence electrons. The van der Waals surface area contributed by atoms with Crippen LogP contribution in [0.2, 0.25) is 5.02 Å². The summed E-state index contributed by atoms with van der Waals surface area (Å²) >= 11 is 7.60. The minimum absolute atomic E-state index is 0.341. The summed E-state index contributed by atoms with van der Waals surface area (Å²) in [6.45, 7) is 2.13. The lowest BCUT2D eigenvalue weighted by Gasteiger charge is -2.10. The van der Waals surface area contributed by atoms with E-state index in [9.17, 15) is 4.79 Å². The van der Waals surface area contributed by atoms with E-state index in [1.807, 2.05) is 24.3 Å². The first-order chi connectivity index (χ1) is 8.15. The van der Waals surface area contributed by atoms with Crippen LogP contribution >= 0.6 is 23.4 Å². The molecule has 1 unspecified atom stereocenters. The Morgan fingerprint density at radius 3 is 2.88 bits per heavy atom. The molecule has 0 heterocycles. The highest BCUT2D eigenvalue weighted by atomic mass is 35.5. The van der Waals surface area contributed by atoms with E-state index in [-0.39, 0.29) is 5.97 Å². The van der Waals surface area contributed by atoms with Crippen molar-refractivity contribution in [2.75, 3.05) is 12.4 Å². The van der Waals surface area contributed by atoms with Crippen molar-refractivity contribution in [3.05, 3.63) is 29.3 Å². The number of halogens is 1. The molecule has 0 aliphatic carbocycles. The molecular weight excluding hydrogens is 258 g/mol. The van der Waals surface area contributed by atoms with Gasteiger partial charge in [-0.15, -0.1) is 11.8 Å². The number of nitrogens with two attached hydrogens (primary N) is 1. The van der Waals surface area contributed by atoms with E-state index in [2.05, 4.69) is 0 Å². The molecule has 3 nitrogen and oxygen atoms in total. The Hall–Kier alpha value is -0.710. The van der Waals surface area contributed by atoms with Crippen LogP contribution in [0, 0.1) is 0 Å².